The highest BCUT2D eigenvalue weighted by molar-refractivity contribution is 5.18. The molecule has 1 N–H and O–H groups in total. The maximum Gasteiger partial charge on any atom is 0.212 e. The quantitative estimate of drug-likeness (QED) is 0.801. The van der Waals surface area contributed by atoms with Crippen LogP contribution in [-0.4, -0.2) is 24.7 Å². The predicted molar refractivity (Wildman–Crippen MR) is 66.8 cm³/mol. The summed E-state index contributed by atoms with van der Waals surface area (Å²) >= 11 is 0. The van der Waals surface area contributed by atoms with E-state index in [2.05, 4.69) is 37.1 Å². The first-order valence-electron chi connectivity index (χ1n) is 5.89. The van der Waals surface area contributed by atoms with Crippen molar-refractivity contribution in [1.82, 2.24) is 10.3 Å². The number of aromatic nitrogens is 1. The van der Waals surface area contributed by atoms with Crippen LogP contribution in [0.2, 0.25) is 0 Å². The van der Waals surface area contributed by atoms with Crippen molar-refractivity contribution >= 4 is 0 Å². The minimum Gasteiger partial charge on any atom is -0.481 e. The van der Waals surface area contributed by atoms with Gasteiger partial charge in [-0.2, -0.15) is 0 Å². The van der Waals surface area contributed by atoms with Crippen molar-refractivity contribution < 1.29 is 4.74 Å². The molecule has 16 heavy (non-hydrogen) atoms. The van der Waals surface area contributed by atoms with Crippen molar-refractivity contribution in [2.45, 2.75) is 33.2 Å². The standard InChI is InChI=1S/C13H22N2O/c1-5-14-12(10(2)3)8-11-6-7-13(16-4)15-9-11/h6-7,9-10,12,14H,5,8H2,1-4H3. The molecular formula is C13H22N2O. The normalized spacial score (nSPS) is 12.8. The Kier molecular flexibility index (Phi) is 5.26. The highest BCUT2D eigenvalue weighted by Gasteiger charge is 2.12. The Morgan fingerprint density at radius 1 is 1.38 bits per heavy atom. The molecule has 0 spiro atoms. The lowest BCUT2D eigenvalue weighted by atomic mass is 9.97. The van der Waals surface area contributed by atoms with Gasteiger partial charge in [0.2, 0.25) is 5.88 Å². The highest BCUT2D eigenvalue weighted by atomic mass is 16.5. The zero-order valence-corrected chi connectivity index (χ0v) is 10.7. The molecule has 0 bridgehead atoms. The molecule has 0 aliphatic heterocycles. The van der Waals surface area contributed by atoms with Crippen LogP contribution in [0.25, 0.3) is 0 Å². The molecule has 0 aliphatic carbocycles. The second-order valence-electron chi connectivity index (χ2n) is 4.32. The largest absolute Gasteiger partial charge is 0.481 e. The van der Waals surface area contributed by atoms with Crippen molar-refractivity contribution in [3.63, 3.8) is 0 Å². The molecule has 1 aromatic rings. The van der Waals surface area contributed by atoms with Gasteiger partial charge in [0, 0.05) is 18.3 Å². The van der Waals surface area contributed by atoms with E-state index in [0.717, 1.165) is 13.0 Å². The van der Waals surface area contributed by atoms with Gasteiger partial charge < -0.3 is 10.1 Å². The summed E-state index contributed by atoms with van der Waals surface area (Å²) in [6.07, 6.45) is 2.91. The fourth-order valence-corrected chi connectivity index (χ4v) is 1.71. The SMILES string of the molecule is CCNC(Cc1ccc(OC)nc1)C(C)C. The summed E-state index contributed by atoms with van der Waals surface area (Å²) in [7, 11) is 1.64. The van der Waals surface area contributed by atoms with Gasteiger partial charge in [-0.15, -0.1) is 0 Å². The minimum absolute atomic E-state index is 0.514. The zero-order chi connectivity index (χ0) is 12.0. The second-order valence-corrected chi connectivity index (χ2v) is 4.32. The molecule has 1 rings (SSSR count). The summed E-state index contributed by atoms with van der Waals surface area (Å²) in [6, 6.07) is 4.51. The molecule has 0 fully saturated rings. The van der Waals surface area contributed by atoms with Crippen LogP contribution in [-0.2, 0) is 6.42 Å². The van der Waals surface area contributed by atoms with Crippen LogP contribution in [0.15, 0.2) is 18.3 Å². The number of hydrogen-bond acceptors (Lipinski definition) is 3. The first-order valence-corrected chi connectivity index (χ1v) is 5.89. The third kappa shape index (κ3) is 3.81. The van der Waals surface area contributed by atoms with Gasteiger partial charge in [0.15, 0.2) is 0 Å². The molecule has 0 saturated carbocycles. The van der Waals surface area contributed by atoms with Crippen molar-refractivity contribution in [2.75, 3.05) is 13.7 Å². The number of nitrogens with one attached hydrogen (secondary N) is 1. The molecule has 1 aromatic heterocycles. The number of pyridine rings is 1. The Balaban J connectivity index is 2.62. The molecule has 0 aliphatic rings. The molecule has 1 heterocycles. The number of methoxy groups -OCH3 is 1. The van der Waals surface area contributed by atoms with E-state index in [1.165, 1.54) is 5.56 Å². The van der Waals surface area contributed by atoms with Gasteiger partial charge in [0.25, 0.3) is 0 Å². The first kappa shape index (κ1) is 13.0. The Bertz CT molecular complexity index is 295. The van der Waals surface area contributed by atoms with E-state index in [0.29, 0.717) is 17.8 Å². The predicted octanol–water partition coefficient (Wildman–Crippen LogP) is 2.27. The third-order valence-corrected chi connectivity index (χ3v) is 2.73. The summed E-state index contributed by atoms with van der Waals surface area (Å²) in [5, 5.41) is 3.50. The maximum absolute atomic E-state index is 5.04. The maximum atomic E-state index is 5.04. The molecule has 1 atom stereocenters. The topological polar surface area (TPSA) is 34.1 Å². The van der Waals surface area contributed by atoms with E-state index < -0.39 is 0 Å². The Morgan fingerprint density at radius 2 is 2.12 bits per heavy atom. The lowest BCUT2D eigenvalue weighted by Gasteiger charge is -2.21. The highest BCUT2D eigenvalue weighted by Crippen LogP contribution is 2.12. The Hall–Kier alpha value is -1.09. The Morgan fingerprint density at radius 3 is 2.56 bits per heavy atom. The van der Waals surface area contributed by atoms with Crippen LogP contribution in [0.1, 0.15) is 26.3 Å². The van der Waals surface area contributed by atoms with Gasteiger partial charge in [-0.05, 0) is 24.4 Å². The number of hydrogen-bond donors (Lipinski definition) is 1. The average molecular weight is 222 g/mol. The number of ether oxygens (including phenoxy) is 1. The van der Waals surface area contributed by atoms with Crippen LogP contribution in [0.4, 0.5) is 0 Å². The minimum atomic E-state index is 0.514. The third-order valence-electron chi connectivity index (χ3n) is 2.73. The molecule has 0 amide bonds. The van der Waals surface area contributed by atoms with Gasteiger partial charge in [-0.3, -0.25) is 0 Å². The van der Waals surface area contributed by atoms with Crippen molar-refractivity contribution in [1.29, 1.82) is 0 Å². The van der Waals surface area contributed by atoms with E-state index in [4.69, 9.17) is 4.74 Å². The molecule has 0 aromatic carbocycles. The average Bonchev–Trinajstić information content (AvgIpc) is 2.29. The van der Waals surface area contributed by atoms with E-state index >= 15 is 0 Å². The van der Waals surface area contributed by atoms with E-state index in [-0.39, 0.29) is 0 Å². The van der Waals surface area contributed by atoms with E-state index in [1.54, 1.807) is 7.11 Å². The number of likely N-dealkylation sites (N-methyl/N-ethyl adjacent to an activating group) is 1. The zero-order valence-electron chi connectivity index (χ0n) is 10.7. The number of nitrogens with zero attached hydrogens (tertiary/aromatic N) is 1. The molecule has 90 valence electrons. The van der Waals surface area contributed by atoms with Crippen LogP contribution in [0, 0.1) is 5.92 Å². The summed E-state index contributed by atoms with van der Waals surface area (Å²) in [6.45, 7) is 7.63. The van der Waals surface area contributed by atoms with Crippen LogP contribution in [0.3, 0.4) is 0 Å². The van der Waals surface area contributed by atoms with Gasteiger partial charge >= 0.3 is 0 Å². The lowest BCUT2D eigenvalue weighted by molar-refractivity contribution is 0.393. The molecule has 0 radical (unpaired) electrons. The van der Waals surface area contributed by atoms with Crippen molar-refractivity contribution in [3.05, 3.63) is 23.9 Å². The van der Waals surface area contributed by atoms with Crippen molar-refractivity contribution in [2.24, 2.45) is 5.92 Å². The summed E-state index contributed by atoms with van der Waals surface area (Å²) in [4.78, 5) is 4.22. The van der Waals surface area contributed by atoms with Gasteiger partial charge in [-0.25, -0.2) is 4.98 Å². The van der Waals surface area contributed by atoms with E-state index in [1.807, 2.05) is 12.3 Å². The molecule has 3 heteroatoms. The molecule has 1 unspecified atom stereocenters. The smallest absolute Gasteiger partial charge is 0.212 e. The van der Waals surface area contributed by atoms with Crippen LogP contribution in [0.5, 0.6) is 5.88 Å². The van der Waals surface area contributed by atoms with Crippen LogP contribution >= 0.6 is 0 Å². The Labute approximate surface area is 98.2 Å². The monoisotopic (exact) mass is 222 g/mol. The van der Waals surface area contributed by atoms with Gasteiger partial charge in [0.1, 0.15) is 0 Å². The second kappa shape index (κ2) is 6.48. The van der Waals surface area contributed by atoms with E-state index in [9.17, 15) is 0 Å². The summed E-state index contributed by atoms with van der Waals surface area (Å²) in [5.74, 6) is 1.30. The van der Waals surface area contributed by atoms with Crippen molar-refractivity contribution in [3.8, 4) is 5.88 Å². The van der Waals surface area contributed by atoms with Gasteiger partial charge in [0.05, 0.1) is 7.11 Å². The lowest BCUT2D eigenvalue weighted by Crippen LogP contribution is -2.35. The summed E-state index contributed by atoms with van der Waals surface area (Å²) < 4.78 is 5.04. The summed E-state index contributed by atoms with van der Waals surface area (Å²) in [5.41, 5.74) is 1.25. The number of rotatable bonds is 6. The van der Waals surface area contributed by atoms with Crippen LogP contribution < -0.4 is 10.1 Å². The molecule has 3 nitrogen and oxygen atoms in total. The molecular weight excluding hydrogens is 200 g/mol. The first-order chi connectivity index (χ1) is 7.67. The van der Waals surface area contributed by atoms with Gasteiger partial charge in [-0.1, -0.05) is 26.8 Å². The molecule has 0 saturated heterocycles. The fraction of sp³-hybridized carbons (Fsp3) is 0.615. The fourth-order valence-electron chi connectivity index (χ4n) is 1.71.